The maximum Gasteiger partial charge on any atom is 0.254 e. The Hall–Kier alpha value is -1.88. The molecule has 2 aromatic heterocycles. The highest BCUT2D eigenvalue weighted by Crippen LogP contribution is 2.15. The molecule has 2 heterocycles. The molecule has 0 saturated heterocycles. The van der Waals surface area contributed by atoms with Crippen molar-refractivity contribution in [1.29, 1.82) is 0 Å². The Morgan fingerprint density at radius 2 is 2.24 bits per heavy atom. The second kappa shape index (κ2) is 7.78. The van der Waals surface area contributed by atoms with Crippen LogP contribution < -0.4 is 5.32 Å². The lowest BCUT2D eigenvalue weighted by Crippen LogP contribution is -2.30. The van der Waals surface area contributed by atoms with E-state index in [2.05, 4.69) is 23.3 Å². The van der Waals surface area contributed by atoms with Crippen LogP contribution in [-0.2, 0) is 6.54 Å². The molecule has 0 radical (unpaired) electrons. The largest absolute Gasteiger partial charge is 0.370 e. The smallest absolute Gasteiger partial charge is 0.254 e. The fourth-order valence-electron chi connectivity index (χ4n) is 2.01. The summed E-state index contributed by atoms with van der Waals surface area (Å²) in [5.74, 6) is 0.808. The molecule has 2 aromatic rings. The molecule has 2 rings (SSSR count). The van der Waals surface area contributed by atoms with Crippen molar-refractivity contribution >= 4 is 23.1 Å². The molecule has 1 amide bonds. The fraction of sp³-hybridized carbons (Fsp3) is 0.375. The summed E-state index contributed by atoms with van der Waals surface area (Å²) < 4.78 is 0. The number of pyridine rings is 1. The summed E-state index contributed by atoms with van der Waals surface area (Å²) in [6, 6.07) is 7.67. The third kappa shape index (κ3) is 4.29. The summed E-state index contributed by atoms with van der Waals surface area (Å²) in [5.41, 5.74) is 0.682. The molecule has 0 unspecified atom stereocenters. The first kappa shape index (κ1) is 15.5. The van der Waals surface area contributed by atoms with Crippen molar-refractivity contribution in [2.24, 2.45) is 0 Å². The van der Waals surface area contributed by atoms with Crippen molar-refractivity contribution in [2.45, 2.75) is 26.8 Å². The number of aromatic nitrogens is 1. The van der Waals surface area contributed by atoms with Gasteiger partial charge in [-0.25, -0.2) is 4.98 Å². The van der Waals surface area contributed by atoms with Crippen LogP contribution in [0, 0.1) is 0 Å². The van der Waals surface area contributed by atoms with Crippen LogP contribution >= 0.6 is 11.3 Å². The molecule has 0 fully saturated rings. The molecule has 0 atom stereocenters. The summed E-state index contributed by atoms with van der Waals surface area (Å²) in [6.45, 7) is 6.31. The number of hydrogen-bond donors (Lipinski definition) is 1. The van der Waals surface area contributed by atoms with Crippen LogP contribution in [0.15, 0.2) is 35.8 Å². The van der Waals surface area contributed by atoms with Crippen molar-refractivity contribution in [3.63, 3.8) is 0 Å². The average molecular weight is 303 g/mol. The lowest BCUT2D eigenvalue weighted by Gasteiger charge is -2.20. The Balaban J connectivity index is 2.09. The third-order valence-corrected chi connectivity index (χ3v) is 4.02. The second-order valence-corrected chi connectivity index (χ2v) is 5.79. The van der Waals surface area contributed by atoms with Crippen molar-refractivity contribution in [3.8, 4) is 0 Å². The zero-order valence-corrected chi connectivity index (χ0v) is 13.3. The molecule has 0 aliphatic rings. The molecule has 0 saturated carbocycles. The van der Waals surface area contributed by atoms with E-state index in [1.54, 1.807) is 23.6 Å². The van der Waals surface area contributed by atoms with Crippen LogP contribution in [0.1, 0.15) is 35.5 Å². The van der Waals surface area contributed by atoms with E-state index in [0.29, 0.717) is 18.7 Å². The normalized spacial score (nSPS) is 10.4. The van der Waals surface area contributed by atoms with E-state index < -0.39 is 0 Å². The quantitative estimate of drug-likeness (QED) is 0.849. The van der Waals surface area contributed by atoms with Gasteiger partial charge in [-0.3, -0.25) is 4.79 Å². The van der Waals surface area contributed by atoms with Crippen molar-refractivity contribution in [2.75, 3.05) is 18.4 Å². The molecule has 4 nitrogen and oxygen atoms in total. The molecular formula is C16H21N3OS. The van der Waals surface area contributed by atoms with Gasteiger partial charge in [-0.05, 0) is 36.9 Å². The standard InChI is InChI=1S/C16H21N3OS/c1-3-8-17-15-11-13(7-9-18-15)16(20)19(4-2)12-14-6-5-10-21-14/h5-7,9-11H,3-4,8,12H2,1-2H3,(H,17,18). The Morgan fingerprint density at radius 3 is 2.90 bits per heavy atom. The predicted molar refractivity (Wildman–Crippen MR) is 87.8 cm³/mol. The molecule has 5 heteroatoms. The SMILES string of the molecule is CCCNc1cc(C(=O)N(CC)Cc2cccs2)ccn1. The number of carbonyl (C=O) groups is 1. The van der Waals surface area contributed by atoms with Gasteiger partial charge in [0.2, 0.25) is 0 Å². The van der Waals surface area contributed by atoms with Crippen molar-refractivity contribution in [3.05, 3.63) is 46.3 Å². The molecule has 0 aromatic carbocycles. The lowest BCUT2D eigenvalue weighted by atomic mass is 10.2. The summed E-state index contributed by atoms with van der Waals surface area (Å²) in [7, 11) is 0. The highest BCUT2D eigenvalue weighted by Gasteiger charge is 2.15. The topological polar surface area (TPSA) is 45.2 Å². The first-order chi connectivity index (χ1) is 10.2. The predicted octanol–water partition coefficient (Wildman–Crippen LogP) is 3.63. The van der Waals surface area contributed by atoms with Gasteiger partial charge in [0.25, 0.3) is 5.91 Å². The molecule has 0 bridgehead atoms. The molecule has 1 N–H and O–H groups in total. The maximum absolute atomic E-state index is 12.6. The van der Waals surface area contributed by atoms with Gasteiger partial charge in [0.15, 0.2) is 0 Å². The van der Waals surface area contributed by atoms with E-state index in [0.717, 1.165) is 18.8 Å². The average Bonchev–Trinajstić information content (AvgIpc) is 3.03. The second-order valence-electron chi connectivity index (χ2n) is 4.76. The van der Waals surface area contributed by atoms with E-state index in [9.17, 15) is 4.79 Å². The van der Waals surface area contributed by atoms with Gasteiger partial charge in [-0.1, -0.05) is 13.0 Å². The van der Waals surface area contributed by atoms with Gasteiger partial charge in [-0.2, -0.15) is 0 Å². The number of carbonyl (C=O) groups excluding carboxylic acids is 1. The lowest BCUT2D eigenvalue weighted by molar-refractivity contribution is 0.0754. The molecular weight excluding hydrogens is 282 g/mol. The van der Waals surface area contributed by atoms with Gasteiger partial charge in [0, 0.05) is 29.7 Å². The van der Waals surface area contributed by atoms with E-state index in [-0.39, 0.29) is 5.91 Å². The minimum atomic E-state index is 0.0489. The number of thiophene rings is 1. The zero-order chi connectivity index (χ0) is 15.1. The van der Waals surface area contributed by atoms with Gasteiger partial charge in [0.1, 0.15) is 5.82 Å². The minimum absolute atomic E-state index is 0.0489. The number of nitrogens with zero attached hydrogens (tertiary/aromatic N) is 2. The van der Waals surface area contributed by atoms with E-state index >= 15 is 0 Å². The number of amides is 1. The number of hydrogen-bond acceptors (Lipinski definition) is 4. The molecule has 112 valence electrons. The van der Waals surface area contributed by atoms with Crippen LogP contribution in [0.5, 0.6) is 0 Å². The maximum atomic E-state index is 12.6. The Morgan fingerprint density at radius 1 is 1.38 bits per heavy atom. The van der Waals surface area contributed by atoms with Crippen molar-refractivity contribution < 1.29 is 4.79 Å². The van der Waals surface area contributed by atoms with E-state index in [1.165, 1.54) is 4.88 Å². The first-order valence-electron chi connectivity index (χ1n) is 7.26. The third-order valence-electron chi connectivity index (χ3n) is 3.16. The van der Waals surface area contributed by atoms with Crippen LogP contribution in [0.3, 0.4) is 0 Å². The van der Waals surface area contributed by atoms with Crippen LogP contribution in [0.4, 0.5) is 5.82 Å². The van der Waals surface area contributed by atoms with E-state index in [1.807, 2.05) is 29.3 Å². The highest BCUT2D eigenvalue weighted by atomic mass is 32.1. The Kier molecular flexibility index (Phi) is 5.75. The summed E-state index contributed by atoms with van der Waals surface area (Å²) in [5, 5.41) is 5.25. The monoisotopic (exact) mass is 303 g/mol. The minimum Gasteiger partial charge on any atom is -0.370 e. The number of nitrogens with one attached hydrogen (secondary N) is 1. The van der Waals surface area contributed by atoms with Crippen molar-refractivity contribution in [1.82, 2.24) is 9.88 Å². The molecule has 0 aliphatic carbocycles. The fourth-order valence-corrected chi connectivity index (χ4v) is 2.73. The molecule has 21 heavy (non-hydrogen) atoms. The highest BCUT2D eigenvalue weighted by molar-refractivity contribution is 7.09. The summed E-state index contributed by atoms with van der Waals surface area (Å²) in [4.78, 5) is 19.9. The number of rotatable bonds is 7. The zero-order valence-electron chi connectivity index (χ0n) is 12.5. The van der Waals surface area contributed by atoms with E-state index in [4.69, 9.17) is 0 Å². The van der Waals surface area contributed by atoms with Gasteiger partial charge in [0.05, 0.1) is 6.54 Å². The van der Waals surface area contributed by atoms with Gasteiger partial charge >= 0.3 is 0 Å². The van der Waals surface area contributed by atoms with Crippen LogP contribution in [0.25, 0.3) is 0 Å². The Bertz CT molecular complexity index is 569. The summed E-state index contributed by atoms with van der Waals surface area (Å²) >= 11 is 1.67. The molecule has 0 aliphatic heterocycles. The first-order valence-corrected chi connectivity index (χ1v) is 8.14. The van der Waals surface area contributed by atoms with Crippen LogP contribution in [-0.4, -0.2) is 28.9 Å². The van der Waals surface area contributed by atoms with Gasteiger partial charge < -0.3 is 10.2 Å². The van der Waals surface area contributed by atoms with Gasteiger partial charge in [-0.15, -0.1) is 11.3 Å². The Labute approximate surface area is 129 Å². The number of anilines is 1. The summed E-state index contributed by atoms with van der Waals surface area (Å²) in [6.07, 6.45) is 2.71. The molecule has 0 spiro atoms. The van der Waals surface area contributed by atoms with Crippen LogP contribution in [0.2, 0.25) is 0 Å².